The molecule has 128 valence electrons. The van der Waals surface area contributed by atoms with Crippen molar-refractivity contribution < 1.29 is 9.53 Å². The monoisotopic (exact) mass is 354 g/mol. The minimum absolute atomic E-state index is 0.0372. The summed E-state index contributed by atoms with van der Waals surface area (Å²) >= 11 is 6.25. The van der Waals surface area contributed by atoms with Crippen LogP contribution in [-0.2, 0) is 11.2 Å². The van der Waals surface area contributed by atoms with E-state index in [0.29, 0.717) is 17.2 Å². The number of hydrogen-bond acceptors (Lipinski definition) is 3. The molecule has 0 atom stereocenters. The molecule has 5 heteroatoms. The molecule has 0 bridgehead atoms. The lowest BCUT2D eigenvalue weighted by Crippen LogP contribution is -2.20. The first-order valence-corrected chi connectivity index (χ1v) is 8.35. The molecule has 25 heavy (non-hydrogen) atoms. The molecule has 0 saturated heterocycles. The Labute approximate surface area is 151 Å². The Kier molecular flexibility index (Phi) is 4.91. The fourth-order valence-corrected chi connectivity index (χ4v) is 3.11. The van der Waals surface area contributed by atoms with Crippen LogP contribution in [0.3, 0.4) is 0 Å². The molecular weight excluding hydrogens is 336 g/mol. The Balaban J connectivity index is 2.15. The molecule has 0 spiro atoms. The van der Waals surface area contributed by atoms with Crippen molar-refractivity contribution in [2.75, 3.05) is 14.2 Å². The lowest BCUT2D eigenvalue weighted by molar-refractivity contribution is -0.119. The number of aryl methyl sites for hydroxylation is 1. The van der Waals surface area contributed by atoms with Gasteiger partial charge in [-0.25, -0.2) is 4.98 Å². The third kappa shape index (κ3) is 3.44. The number of halogens is 1. The first-order valence-electron chi connectivity index (χ1n) is 7.97. The van der Waals surface area contributed by atoms with E-state index in [1.807, 2.05) is 49.4 Å². The van der Waals surface area contributed by atoms with Crippen LogP contribution in [0.1, 0.15) is 11.1 Å². The van der Waals surface area contributed by atoms with E-state index in [9.17, 15) is 4.79 Å². The van der Waals surface area contributed by atoms with E-state index < -0.39 is 0 Å². The summed E-state index contributed by atoms with van der Waals surface area (Å²) in [7, 11) is 3.22. The summed E-state index contributed by atoms with van der Waals surface area (Å²) < 4.78 is 5.21. The highest BCUT2D eigenvalue weighted by Gasteiger charge is 2.12. The summed E-state index contributed by atoms with van der Waals surface area (Å²) in [4.78, 5) is 16.6. The number of amides is 1. The van der Waals surface area contributed by atoms with Crippen LogP contribution < -0.4 is 10.1 Å². The van der Waals surface area contributed by atoms with E-state index in [-0.39, 0.29) is 5.91 Å². The van der Waals surface area contributed by atoms with Crippen molar-refractivity contribution in [2.45, 2.75) is 13.3 Å². The van der Waals surface area contributed by atoms with Gasteiger partial charge in [0.05, 0.1) is 29.8 Å². The molecule has 0 saturated carbocycles. The summed E-state index contributed by atoms with van der Waals surface area (Å²) in [5.41, 5.74) is 4.57. The zero-order chi connectivity index (χ0) is 18.0. The largest absolute Gasteiger partial charge is 0.495 e. The van der Waals surface area contributed by atoms with E-state index in [1.165, 1.54) is 0 Å². The van der Waals surface area contributed by atoms with Gasteiger partial charge in [0.25, 0.3) is 0 Å². The highest BCUT2D eigenvalue weighted by molar-refractivity contribution is 6.32. The van der Waals surface area contributed by atoms with Gasteiger partial charge in [0.1, 0.15) is 5.75 Å². The Hall–Kier alpha value is -2.59. The average molecular weight is 355 g/mol. The standard InChI is InChI=1S/C20H19ClN2O2/c1-12-9-17(13-7-8-18(25-3)16(21)10-13)23-20-14(11-19(24)22-2)5-4-6-15(12)20/h4-10H,11H2,1-3H3,(H,22,24). The number of methoxy groups -OCH3 is 1. The number of carbonyl (C=O) groups excluding carboxylic acids is 1. The highest BCUT2D eigenvalue weighted by Crippen LogP contribution is 2.32. The SMILES string of the molecule is CNC(=O)Cc1cccc2c(C)cc(-c3ccc(OC)c(Cl)c3)nc12. The third-order valence-corrected chi connectivity index (χ3v) is 4.50. The number of ether oxygens (including phenoxy) is 1. The van der Waals surface area contributed by atoms with Gasteiger partial charge in [-0.1, -0.05) is 29.8 Å². The van der Waals surface area contributed by atoms with Crippen LogP contribution in [0.25, 0.3) is 22.2 Å². The molecule has 4 nitrogen and oxygen atoms in total. The molecular formula is C20H19ClN2O2. The molecule has 1 amide bonds. The molecule has 3 aromatic rings. The molecule has 1 aromatic heterocycles. The number of hydrogen-bond donors (Lipinski definition) is 1. The van der Waals surface area contributed by atoms with Gasteiger partial charge >= 0.3 is 0 Å². The molecule has 0 aliphatic carbocycles. The van der Waals surface area contributed by atoms with Gasteiger partial charge in [0.15, 0.2) is 0 Å². The number of fused-ring (bicyclic) bond motifs is 1. The second kappa shape index (κ2) is 7.11. The molecule has 0 fully saturated rings. The van der Waals surface area contributed by atoms with Crippen molar-refractivity contribution >= 4 is 28.4 Å². The number of nitrogens with zero attached hydrogens (tertiary/aromatic N) is 1. The Morgan fingerprint density at radius 1 is 1.24 bits per heavy atom. The maximum absolute atomic E-state index is 11.8. The molecule has 0 aliphatic rings. The van der Waals surface area contributed by atoms with E-state index in [2.05, 4.69) is 5.32 Å². The summed E-state index contributed by atoms with van der Waals surface area (Å²) in [6, 6.07) is 13.6. The number of likely N-dealkylation sites (N-methyl/N-ethyl adjacent to an activating group) is 1. The van der Waals surface area contributed by atoms with Crippen molar-refractivity contribution in [3.8, 4) is 17.0 Å². The molecule has 3 rings (SSSR count). The Morgan fingerprint density at radius 2 is 2.04 bits per heavy atom. The predicted molar refractivity (Wildman–Crippen MR) is 101 cm³/mol. The van der Waals surface area contributed by atoms with Crippen molar-refractivity contribution in [2.24, 2.45) is 0 Å². The second-order valence-corrected chi connectivity index (χ2v) is 6.24. The number of rotatable bonds is 4. The number of carbonyl (C=O) groups is 1. The maximum atomic E-state index is 11.8. The smallest absolute Gasteiger partial charge is 0.224 e. The van der Waals surface area contributed by atoms with E-state index in [4.69, 9.17) is 21.3 Å². The van der Waals surface area contributed by atoms with Crippen molar-refractivity contribution in [3.05, 3.63) is 58.6 Å². The first-order chi connectivity index (χ1) is 12.0. The number of nitrogens with one attached hydrogen (secondary N) is 1. The van der Waals surface area contributed by atoms with Crippen molar-refractivity contribution in [1.29, 1.82) is 0 Å². The maximum Gasteiger partial charge on any atom is 0.224 e. The molecule has 1 heterocycles. The van der Waals surface area contributed by atoms with E-state index >= 15 is 0 Å². The minimum Gasteiger partial charge on any atom is -0.495 e. The van der Waals surface area contributed by atoms with Gasteiger partial charge in [-0.15, -0.1) is 0 Å². The number of pyridine rings is 1. The van der Waals surface area contributed by atoms with Crippen LogP contribution in [0.4, 0.5) is 0 Å². The van der Waals surface area contributed by atoms with Crippen molar-refractivity contribution in [1.82, 2.24) is 10.3 Å². The average Bonchev–Trinajstić information content (AvgIpc) is 2.62. The van der Waals surface area contributed by atoms with Crippen molar-refractivity contribution in [3.63, 3.8) is 0 Å². The fraction of sp³-hybridized carbons (Fsp3) is 0.200. The predicted octanol–water partition coefficient (Wildman–Crippen LogP) is 4.16. The lowest BCUT2D eigenvalue weighted by atomic mass is 10.0. The van der Waals surface area contributed by atoms with E-state index in [0.717, 1.165) is 33.3 Å². The van der Waals surface area contributed by atoms with Gasteiger partial charge in [0, 0.05) is 18.0 Å². The van der Waals surface area contributed by atoms with Gasteiger partial charge in [-0.05, 0) is 42.3 Å². The quantitative estimate of drug-likeness (QED) is 0.765. The van der Waals surface area contributed by atoms with Crippen LogP contribution >= 0.6 is 11.6 Å². The number of benzene rings is 2. The summed E-state index contributed by atoms with van der Waals surface area (Å²) in [6.07, 6.45) is 0.299. The number of para-hydroxylation sites is 1. The fourth-order valence-electron chi connectivity index (χ4n) is 2.85. The number of aromatic nitrogens is 1. The molecule has 2 aromatic carbocycles. The van der Waals surface area contributed by atoms with E-state index in [1.54, 1.807) is 14.2 Å². The Morgan fingerprint density at radius 3 is 2.72 bits per heavy atom. The lowest BCUT2D eigenvalue weighted by Gasteiger charge is -2.11. The zero-order valence-electron chi connectivity index (χ0n) is 14.4. The van der Waals surface area contributed by atoms with Crippen LogP contribution in [0.15, 0.2) is 42.5 Å². The van der Waals surface area contributed by atoms with Gasteiger partial charge in [-0.3, -0.25) is 4.79 Å². The third-order valence-electron chi connectivity index (χ3n) is 4.21. The van der Waals surface area contributed by atoms with Crippen LogP contribution in [0.2, 0.25) is 5.02 Å². The van der Waals surface area contributed by atoms with Gasteiger partial charge in [0.2, 0.25) is 5.91 Å². The van der Waals surface area contributed by atoms with Crippen LogP contribution in [0.5, 0.6) is 5.75 Å². The molecule has 0 unspecified atom stereocenters. The summed E-state index contributed by atoms with van der Waals surface area (Å²) in [5, 5.41) is 4.25. The second-order valence-electron chi connectivity index (χ2n) is 5.84. The van der Waals surface area contributed by atoms with Gasteiger partial charge < -0.3 is 10.1 Å². The molecule has 0 radical (unpaired) electrons. The molecule has 0 aliphatic heterocycles. The van der Waals surface area contributed by atoms with Gasteiger partial charge in [-0.2, -0.15) is 0 Å². The zero-order valence-corrected chi connectivity index (χ0v) is 15.1. The molecule has 1 N–H and O–H groups in total. The summed E-state index contributed by atoms with van der Waals surface area (Å²) in [5.74, 6) is 0.591. The van der Waals surface area contributed by atoms with Crippen LogP contribution in [0, 0.1) is 6.92 Å². The summed E-state index contributed by atoms with van der Waals surface area (Å²) in [6.45, 7) is 2.04. The van der Waals surface area contributed by atoms with Crippen LogP contribution in [-0.4, -0.2) is 25.0 Å². The Bertz CT molecular complexity index is 954. The topological polar surface area (TPSA) is 51.2 Å². The minimum atomic E-state index is -0.0372. The highest BCUT2D eigenvalue weighted by atomic mass is 35.5. The normalized spacial score (nSPS) is 10.7. The first kappa shape index (κ1) is 17.2.